The van der Waals surface area contributed by atoms with Crippen LogP contribution in [-0.2, 0) is 11.3 Å². The minimum atomic E-state index is -0.284. The highest BCUT2D eigenvalue weighted by atomic mass is 19.1. The highest BCUT2D eigenvalue weighted by Crippen LogP contribution is 2.00. The van der Waals surface area contributed by atoms with E-state index in [0.29, 0.717) is 6.54 Å². The van der Waals surface area contributed by atoms with Crippen molar-refractivity contribution in [2.45, 2.75) is 19.4 Å². The Morgan fingerprint density at radius 1 is 1.40 bits per heavy atom. The Labute approximate surface area is 89.7 Å². The maximum Gasteiger partial charge on any atom is 0.141 e. The molecule has 0 amide bonds. The summed E-state index contributed by atoms with van der Waals surface area (Å²) in [5, 5.41) is 3.23. The van der Waals surface area contributed by atoms with Crippen LogP contribution in [0.15, 0.2) is 18.5 Å². The fourth-order valence-corrected chi connectivity index (χ4v) is 1.28. The summed E-state index contributed by atoms with van der Waals surface area (Å²) >= 11 is 0. The molecule has 0 aromatic carbocycles. The van der Waals surface area contributed by atoms with Gasteiger partial charge < -0.3 is 10.1 Å². The summed E-state index contributed by atoms with van der Waals surface area (Å²) in [6.45, 7) is 2.38. The predicted molar refractivity (Wildman–Crippen MR) is 57.0 cm³/mol. The largest absolute Gasteiger partial charge is 0.385 e. The first-order valence-electron chi connectivity index (χ1n) is 5.12. The van der Waals surface area contributed by atoms with E-state index in [1.54, 1.807) is 13.3 Å². The van der Waals surface area contributed by atoms with E-state index in [4.69, 9.17) is 4.74 Å². The molecular weight excluding hydrogens is 195 g/mol. The fraction of sp³-hybridized carbons (Fsp3) is 0.545. The van der Waals surface area contributed by atoms with Gasteiger partial charge in [-0.1, -0.05) is 0 Å². The Kier molecular flexibility index (Phi) is 5.88. The molecule has 1 N–H and O–H groups in total. The van der Waals surface area contributed by atoms with Gasteiger partial charge in [0.2, 0.25) is 0 Å². The summed E-state index contributed by atoms with van der Waals surface area (Å²) in [7, 11) is 1.70. The zero-order valence-corrected chi connectivity index (χ0v) is 9.00. The fourth-order valence-electron chi connectivity index (χ4n) is 1.28. The summed E-state index contributed by atoms with van der Waals surface area (Å²) in [5.74, 6) is -0.284. The van der Waals surface area contributed by atoms with Crippen molar-refractivity contribution in [1.82, 2.24) is 10.3 Å². The number of pyridine rings is 1. The molecule has 1 aromatic rings. The lowest BCUT2D eigenvalue weighted by Gasteiger charge is -2.04. The van der Waals surface area contributed by atoms with Gasteiger partial charge in [-0.3, -0.25) is 4.98 Å². The second-order valence-corrected chi connectivity index (χ2v) is 3.39. The third-order valence-electron chi connectivity index (χ3n) is 2.04. The molecule has 0 radical (unpaired) electrons. The number of halogens is 1. The number of methoxy groups -OCH3 is 1. The first kappa shape index (κ1) is 12.1. The van der Waals surface area contributed by atoms with Crippen LogP contribution in [0.5, 0.6) is 0 Å². The maximum absolute atomic E-state index is 12.7. The quantitative estimate of drug-likeness (QED) is 0.699. The maximum atomic E-state index is 12.7. The summed E-state index contributed by atoms with van der Waals surface area (Å²) in [4.78, 5) is 3.78. The van der Waals surface area contributed by atoms with Crippen LogP contribution in [0.4, 0.5) is 4.39 Å². The molecule has 0 saturated heterocycles. The number of rotatable bonds is 7. The second-order valence-electron chi connectivity index (χ2n) is 3.39. The summed E-state index contributed by atoms with van der Waals surface area (Å²) in [6, 6.07) is 1.50. The van der Waals surface area contributed by atoms with Crippen molar-refractivity contribution in [3.8, 4) is 0 Å². The van der Waals surface area contributed by atoms with Gasteiger partial charge in [0.15, 0.2) is 0 Å². The van der Waals surface area contributed by atoms with E-state index in [-0.39, 0.29) is 5.82 Å². The van der Waals surface area contributed by atoms with Crippen LogP contribution in [0, 0.1) is 5.82 Å². The van der Waals surface area contributed by atoms with E-state index >= 15 is 0 Å². The molecule has 0 aliphatic heterocycles. The summed E-state index contributed by atoms with van der Waals surface area (Å²) in [5.41, 5.74) is 0.877. The van der Waals surface area contributed by atoms with Crippen molar-refractivity contribution in [2.75, 3.05) is 20.3 Å². The first-order chi connectivity index (χ1) is 7.33. The Bertz CT molecular complexity index is 281. The topological polar surface area (TPSA) is 34.1 Å². The number of unbranched alkanes of at least 4 members (excludes halogenated alkanes) is 1. The molecule has 0 saturated carbocycles. The molecule has 0 bridgehead atoms. The molecular formula is C11H17FN2O. The van der Waals surface area contributed by atoms with Crippen molar-refractivity contribution >= 4 is 0 Å². The smallest absolute Gasteiger partial charge is 0.141 e. The van der Waals surface area contributed by atoms with Gasteiger partial charge in [0, 0.05) is 26.5 Å². The van der Waals surface area contributed by atoms with E-state index in [9.17, 15) is 4.39 Å². The second kappa shape index (κ2) is 7.31. The zero-order chi connectivity index (χ0) is 10.9. The summed E-state index contributed by atoms with van der Waals surface area (Å²) < 4.78 is 17.7. The van der Waals surface area contributed by atoms with Crippen molar-refractivity contribution in [1.29, 1.82) is 0 Å². The molecule has 0 aliphatic carbocycles. The monoisotopic (exact) mass is 212 g/mol. The van der Waals surface area contributed by atoms with Crippen molar-refractivity contribution in [2.24, 2.45) is 0 Å². The lowest BCUT2D eigenvalue weighted by molar-refractivity contribution is 0.192. The molecule has 0 unspecified atom stereocenters. The lowest BCUT2D eigenvalue weighted by atomic mass is 10.2. The van der Waals surface area contributed by atoms with Crippen LogP contribution in [0.3, 0.4) is 0 Å². The van der Waals surface area contributed by atoms with Gasteiger partial charge in [-0.05, 0) is 31.0 Å². The number of hydrogen-bond acceptors (Lipinski definition) is 3. The number of aromatic nitrogens is 1. The molecule has 0 atom stereocenters. The van der Waals surface area contributed by atoms with Gasteiger partial charge in [0.25, 0.3) is 0 Å². The van der Waals surface area contributed by atoms with E-state index < -0.39 is 0 Å². The number of ether oxygens (including phenoxy) is 1. The number of nitrogens with zero attached hydrogens (tertiary/aromatic N) is 1. The Morgan fingerprint density at radius 3 is 3.00 bits per heavy atom. The van der Waals surface area contributed by atoms with E-state index in [0.717, 1.165) is 31.6 Å². The van der Waals surface area contributed by atoms with Crippen LogP contribution in [-0.4, -0.2) is 25.2 Å². The highest BCUT2D eigenvalue weighted by Gasteiger charge is 1.95. The van der Waals surface area contributed by atoms with Crippen molar-refractivity contribution in [3.05, 3.63) is 29.8 Å². The molecule has 1 aromatic heterocycles. The van der Waals surface area contributed by atoms with Crippen LogP contribution in [0.1, 0.15) is 18.4 Å². The third-order valence-corrected chi connectivity index (χ3v) is 2.04. The lowest BCUT2D eigenvalue weighted by Crippen LogP contribution is -2.15. The Morgan fingerprint density at radius 2 is 2.27 bits per heavy atom. The Hall–Kier alpha value is -1.00. The molecule has 0 spiro atoms. The van der Waals surface area contributed by atoms with Crippen molar-refractivity contribution < 1.29 is 9.13 Å². The molecule has 15 heavy (non-hydrogen) atoms. The van der Waals surface area contributed by atoms with Crippen LogP contribution in [0.25, 0.3) is 0 Å². The van der Waals surface area contributed by atoms with Crippen LogP contribution >= 0.6 is 0 Å². The number of hydrogen-bond donors (Lipinski definition) is 1. The van der Waals surface area contributed by atoms with Gasteiger partial charge in [0.1, 0.15) is 5.82 Å². The predicted octanol–water partition coefficient (Wildman–Crippen LogP) is 1.74. The van der Waals surface area contributed by atoms with E-state index in [2.05, 4.69) is 10.3 Å². The standard InChI is InChI=1S/C11H17FN2O/c1-15-5-3-2-4-13-7-10-6-11(12)9-14-8-10/h6,8-9,13H,2-5,7H2,1H3. The van der Waals surface area contributed by atoms with Gasteiger partial charge in [-0.2, -0.15) is 0 Å². The average molecular weight is 212 g/mol. The highest BCUT2D eigenvalue weighted by molar-refractivity contribution is 5.09. The van der Waals surface area contributed by atoms with Crippen molar-refractivity contribution in [3.63, 3.8) is 0 Å². The number of nitrogens with one attached hydrogen (secondary N) is 1. The summed E-state index contributed by atoms with van der Waals surface area (Å²) in [6.07, 6.45) is 4.99. The Balaban J connectivity index is 2.10. The first-order valence-corrected chi connectivity index (χ1v) is 5.12. The van der Waals surface area contributed by atoms with E-state index in [1.165, 1.54) is 12.3 Å². The SMILES string of the molecule is COCCCCNCc1cncc(F)c1. The molecule has 3 nitrogen and oxygen atoms in total. The average Bonchev–Trinajstić information content (AvgIpc) is 2.23. The molecule has 84 valence electrons. The minimum absolute atomic E-state index is 0.284. The van der Waals surface area contributed by atoms with Gasteiger partial charge in [-0.15, -0.1) is 0 Å². The molecule has 1 heterocycles. The third kappa shape index (κ3) is 5.44. The normalized spacial score (nSPS) is 10.5. The van der Waals surface area contributed by atoms with Crippen LogP contribution in [0.2, 0.25) is 0 Å². The van der Waals surface area contributed by atoms with E-state index in [1.807, 2.05) is 0 Å². The van der Waals surface area contributed by atoms with Gasteiger partial charge >= 0.3 is 0 Å². The van der Waals surface area contributed by atoms with Gasteiger partial charge in [-0.25, -0.2) is 4.39 Å². The molecule has 0 fully saturated rings. The van der Waals surface area contributed by atoms with Crippen LogP contribution < -0.4 is 5.32 Å². The molecule has 4 heteroatoms. The zero-order valence-electron chi connectivity index (χ0n) is 9.00. The minimum Gasteiger partial charge on any atom is -0.385 e. The molecule has 0 aliphatic rings. The molecule has 1 rings (SSSR count). The van der Waals surface area contributed by atoms with Gasteiger partial charge in [0.05, 0.1) is 6.20 Å².